The first-order chi connectivity index (χ1) is 45.4. The molecule has 5 atom stereocenters. The highest BCUT2D eigenvalue weighted by Crippen LogP contribution is 2.45. The average molecular weight is 1380 g/mol. The fourth-order valence-electron chi connectivity index (χ4n) is 11.5. The molecule has 0 amide bonds. The molecule has 17 nitrogen and oxygen atoms in total. The smallest absolute Gasteiger partial charge is 0.462 e. The second kappa shape index (κ2) is 66.9. The zero-order valence-electron chi connectivity index (χ0n) is 61.3. The first kappa shape index (κ1) is 92.1. The number of rotatable bonds is 74. The highest BCUT2D eigenvalue weighted by Gasteiger charge is 2.30. The second-order valence-corrected chi connectivity index (χ2v) is 30.9. The van der Waals surface area contributed by atoms with Crippen LogP contribution >= 0.6 is 15.6 Å². The van der Waals surface area contributed by atoms with Gasteiger partial charge in [0.25, 0.3) is 0 Å². The molecule has 0 aromatic carbocycles. The Bertz CT molecular complexity index is 1820. The summed E-state index contributed by atoms with van der Waals surface area (Å²) in [6, 6.07) is 0. The molecule has 0 rings (SSSR count). The average Bonchev–Trinajstić information content (AvgIpc) is 1.25. The van der Waals surface area contributed by atoms with Crippen LogP contribution in [0.1, 0.15) is 388 Å². The Hall–Kier alpha value is -1.94. The van der Waals surface area contributed by atoms with E-state index in [1.165, 1.54) is 199 Å². The molecule has 3 N–H and O–H groups in total. The van der Waals surface area contributed by atoms with Crippen molar-refractivity contribution < 1.29 is 80.2 Å². The van der Waals surface area contributed by atoms with Crippen molar-refractivity contribution in [1.82, 2.24) is 0 Å². The predicted octanol–water partition coefficient (Wildman–Crippen LogP) is 21.9. The van der Waals surface area contributed by atoms with Gasteiger partial charge < -0.3 is 33.8 Å². The number of hydrogen-bond acceptors (Lipinski definition) is 15. The zero-order chi connectivity index (χ0) is 69.3. The van der Waals surface area contributed by atoms with Crippen molar-refractivity contribution in [1.29, 1.82) is 0 Å². The Morgan fingerprint density at radius 1 is 0.287 bits per heavy atom. The van der Waals surface area contributed by atoms with Crippen molar-refractivity contribution in [3.8, 4) is 0 Å². The summed E-state index contributed by atoms with van der Waals surface area (Å²) in [5.41, 5.74) is 0. The molecule has 0 bridgehead atoms. The van der Waals surface area contributed by atoms with Gasteiger partial charge in [-0.1, -0.05) is 337 Å². The Kier molecular flexibility index (Phi) is 65.5. The lowest BCUT2D eigenvalue weighted by atomic mass is 10.0. The van der Waals surface area contributed by atoms with Crippen LogP contribution in [-0.2, 0) is 65.4 Å². The van der Waals surface area contributed by atoms with Crippen molar-refractivity contribution in [3.05, 3.63) is 0 Å². The number of aliphatic hydroxyl groups is 1. The van der Waals surface area contributed by atoms with Crippen molar-refractivity contribution in [2.24, 2.45) is 11.8 Å². The third-order valence-electron chi connectivity index (χ3n) is 17.5. The highest BCUT2D eigenvalue weighted by molar-refractivity contribution is 7.47. The van der Waals surface area contributed by atoms with Crippen LogP contribution in [0.5, 0.6) is 0 Å². The zero-order valence-corrected chi connectivity index (χ0v) is 63.1. The molecule has 0 aliphatic carbocycles. The van der Waals surface area contributed by atoms with E-state index in [9.17, 15) is 43.2 Å². The number of aliphatic hydroxyl groups excluding tert-OH is 1. The van der Waals surface area contributed by atoms with Crippen LogP contribution in [0, 0.1) is 11.8 Å². The van der Waals surface area contributed by atoms with Gasteiger partial charge in [-0.25, -0.2) is 9.13 Å². The van der Waals surface area contributed by atoms with E-state index in [-0.39, 0.29) is 25.7 Å². The van der Waals surface area contributed by atoms with E-state index in [0.29, 0.717) is 31.6 Å². The quantitative estimate of drug-likeness (QED) is 0.0222. The lowest BCUT2D eigenvalue weighted by Crippen LogP contribution is -2.30. The minimum atomic E-state index is -4.96. The largest absolute Gasteiger partial charge is 0.472 e. The summed E-state index contributed by atoms with van der Waals surface area (Å²) in [5.74, 6) is -0.620. The molecule has 0 heterocycles. The van der Waals surface area contributed by atoms with Gasteiger partial charge in [0.15, 0.2) is 12.2 Å². The van der Waals surface area contributed by atoms with Crippen LogP contribution in [0.3, 0.4) is 0 Å². The van der Waals surface area contributed by atoms with Gasteiger partial charge in [-0.05, 0) is 37.5 Å². The molecule has 0 aromatic rings. The Morgan fingerprint density at radius 2 is 0.489 bits per heavy atom. The van der Waals surface area contributed by atoms with E-state index >= 15 is 0 Å². The van der Waals surface area contributed by atoms with Crippen LogP contribution in [0.4, 0.5) is 0 Å². The monoisotopic (exact) mass is 1380 g/mol. The molecule has 0 aliphatic heterocycles. The summed E-state index contributed by atoms with van der Waals surface area (Å²) >= 11 is 0. The number of ether oxygens (including phenoxy) is 4. The molecule has 0 fully saturated rings. The summed E-state index contributed by atoms with van der Waals surface area (Å²) in [7, 11) is -9.91. The summed E-state index contributed by atoms with van der Waals surface area (Å²) in [6.07, 6.45) is 54.1. The third kappa shape index (κ3) is 68.6. The summed E-state index contributed by atoms with van der Waals surface area (Å²) in [4.78, 5) is 72.7. The van der Waals surface area contributed by atoms with Crippen LogP contribution in [-0.4, -0.2) is 96.7 Å². The topological polar surface area (TPSA) is 237 Å². The second-order valence-electron chi connectivity index (χ2n) is 28.0. The lowest BCUT2D eigenvalue weighted by Gasteiger charge is -2.21. The van der Waals surface area contributed by atoms with Crippen molar-refractivity contribution in [2.45, 2.75) is 407 Å². The summed E-state index contributed by atoms with van der Waals surface area (Å²) in [6.45, 7) is 9.55. The van der Waals surface area contributed by atoms with Gasteiger partial charge in [-0.15, -0.1) is 0 Å². The van der Waals surface area contributed by atoms with E-state index in [4.69, 9.17) is 37.0 Å². The van der Waals surface area contributed by atoms with Gasteiger partial charge in [0.05, 0.1) is 26.4 Å². The first-order valence-electron chi connectivity index (χ1n) is 39.0. The summed E-state index contributed by atoms with van der Waals surface area (Å²) < 4.78 is 68.5. The third-order valence-corrected chi connectivity index (χ3v) is 19.4. The fourth-order valence-corrected chi connectivity index (χ4v) is 13.1. The maximum Gasteiger partial charge on any atom is 0.472 e. The van der Waals surface area contributed by atoms with Gasteiger partial charge in [0.2, 0.25) is 0 Å². The van der Waals surface area contributed by atoms with E-state index in [1.807, 2.05) is 0 Å². The van der Waals surface area contributed by atoms with Crippen LogP contribution < -0.4 is 0 Å². The molecular formula is C75H146O17P2. The molecule has 94 heavy (non-hydrogen) atoms. The van der Waals surface area contributed by atoms with Crippen molar-refractivity contribution in [3.63, 3.8) is 0 Å². The molecule has 19 heteroatoms. The normalized spacial score (nSPS) is 14.0. The molecule has 2 unspecified atom stereocenters. The van der Waals surface area contributed by atoms with Crippen LogP contribution in [0.2, 0.25) is 0 Å². The summed E-state index contributed by atoms with van der Waals surface area (Å²) in [5, 5.41) is 10.6. The van der Waals surface area contributed by atoms with Gasteiger partial charge in [0, 0.05) is 25.7 Å². The Labute approximate surface area is 575 Å². The SMILES string of the molecule is CCCCCCCCCCCCCCCCCCCC(=O)O[C@H](COC(=O)CCCCCCCCCCCCCCCC(C)C)COP(=O)(O)OC[C@@H](O)COP(=O)(O)OC[C@@H](COC(=O)CCCCCCCCCC(C)C)OC(=O)CCCCCCCCCCCCC. The standard InChI is InChI=1S/C75H146O17P2/c1-7-9-11-13-15-17-19-20-21-22-23-26-31-35-41-48-54-60-75(80)91-70(63-85-72(77)57-51-45-39-33-30-27-24-25-29-32-37-43-49-55-67(3)4)65-89-93(81,82)87-61-69(76)62-88-94(83,84)90-66-71(64-86-73(78)58-52-46-42-36-38-44-50-56-68(5)6)92-74(79)59-53-47-40-34-28-18-16-14-12-10-8-2/h67-71,76H,7-66H2,1-6H3,(H,81,82)(H,83,84)/t69-,70-,71-/m1/s1. The lowest BCUT2D eigenvalue weighted by molar-refractivity contribution is -0.161. The van der Waals surface area contributed by atoms with Gasteiger partial charge in [-0.3, -0.25) is 37.3 Å². The number of carbonyl (C=O) groups is 4. The maximum absolute atomic E-state index is 13.1. The molecule has 0 aromatic heterocycles. The molecule has 0 spiro atoms. The van der Waals surface area contributed by atoms with Gasteiger partial charge >= 0.3 is 39.5 Å². The number of unbranched alkanes of at least 4 members (excludes halogenated alkanes) is 44. The minimum absolute atomic E-state index is 0.106. The molecule has 558 valence electrons. The minimum Gasteiger partial charge on any atom is -0.462 e. The predicted molar refractivity (Wildman–Crippen MR) is 381 cm³/mol. The van der Waals surface area contributed by atoms with Crippen LogP contribution in [0.15, 0.2) is 0 Å². The molecule has 0 aliphatic rings. The Morgan fingerprint density at radius 3 is 0.723 bits per heavy atom. The number of hydrogen-bond donors (Lipinski definition) is 3. The van der Waals surface area contributed by atoms with Crippen molar-refractivity contribution in [2.75, 3.05) is 39.6 Å². The maximum atomic E-state index is 13.1. The van der Waals surface area contributed by atoms with Gasteiger partial charge in [0.1, 0.15) is 19.3 Å². The number of phosphoric acid groups is 2. The fraction of sp³-hybridized carbons (Fsp3) is 0.947. The molecular weight excluding hydrogens is 1230 g/mol. The molecule has 0 saturated carbocycles. The number of phosphoric ester groups is 2. The Balaban J connectivity index is 5.23. The number of carbonyl (C=O) groups excluding carboxylic acids is 4. The van der Waals surface area contributed by atoms with Crippen LogP contribution in [0.25, 0.3) is 0 Å². The van der Waals surface area contributed by atoms with E-state index in [0.717, 1.165) is 102 Å². The van der Waals surface area contributed by atoms with Crippen molar-refractivity contribution >= 4 is 39.5 Å². The van der Waals surface area contributed by atoms with E-state index in [1.54, 1.807) is 0 Å². The number of esters is 4. The first-order valence-corrected chi connectivity index (χ1v) is 42.0. The molecule has 0 radical (unpaired) electrons. The van der Waals surface area contributed by atoms with Gasteiger partial charge in [-0.2, -0.15) is 0 Å². The van der Waals surface area contributed by atoms with E-state index < -0.39 is 97.5 Å². The highest BCUT2D eigenvalue weighted by atomic mass is 31.2. The molecule has 0 saturated heterocycles. The van der Waals surface area contributed by atoms with E-state index in [2.05, 4.69) is 41.5 Å².